The first-order chi connectivity index (χ1) is 3.73. The van der Waals surface area contributed by atoms with Crippen molar-refractivity contribution in [3.63, 3.8) is 0 Å². The van der Waals surface area contributed by atoms with Gasteiger partial charge in [-0.05, 0) is 0 Å². The molecule has 0 aromatic rings. The van der Waals surface area contributed by atoms with Crippen LogP contribution in [0.5, 0.6) is 0 Å². The van der Waals surface area contributed by atoms with Gasteiger partial charge in [-0.15, -0.1) is 0 Å². The Morgan fingerprint density at radius 3 is 1.18 bits per heavy atom. The molecule has 0 rings (SSSR count). The van der Waals surface area contributed by atoms with E-state index < -0.39 is 25.4 Å². The molecule has 0 amide bonds. The molecule has 7 nitrogen and oxygen atoms in total. The maximum absolute atomic E-state index is 8.72. The third kappa shape index (κ3) is 140. The van der Waals surface area contributed by atoms with Crippen molar-refractivity contribution in [3.05, 3.63) is 0 Å². The van der Waals surface area contributed by atoms with Gasteiger partial charge in [-0.25, -0.2) is 0 Å². The van der Waals surface area contributed by atoms with Crippen LogP contribution in [0.2, 0.25) is 0 Å². The average molecular weight is 407 g/mol. The molecule has 0 radical (unpaired) electrons. The third-order valence-electron chi connectivity index (χ3n) is 0. The van der Waals surface area contributed by atoms with Crippen molar-refractivity contribution in [2.75, 3.05) is 0 Å². The molecule has 0 heterocycles. The molecule has 0 atom stereocenters. The van der Waals surface area contributed by atoms with E-state index in [1.165, 1.54) is 0 Å². The molecular formula is H2K2O7PW. The summed E-state index contributed by atoms with van der Waals surface area (Å²) in [4.78, 5) is 24.3. The molecule has 0 aliphatic heterocycles. The Bertz CT molecular complexity index is 151. The van der Waals surface area contributed by atoms with E-state index in [4.69, 9.17) is 29.8 Å². The van der Waals surface area contributed by atoms with Gasteiger partial charge in [0.05, 0.1) is 7.82 Å². The fourth-order valence-electron chi connectivity index (χ4n) is 0. The second-order valence-corrected chi connectivity index (χ2v) is 3.18. The summed E-state index contributed by atoms with van der Waals surface area (Å²) in [6, 6.07) is 0. The van der Waals surface area contributed by atoms with E-state index in [2.05, 4.69) is 0 Å². The van der Waals surface area contributed by atoms with Crippen molar-refractivity contribution in [2.24, 2.45) is 0 Å². The van der Waals surface area contributed by atoms with Crippen LogP contribution in [0.1, 0.15) is 0 Å². The Labute approximate surface area is 154 Å². The van der Waals surface area contributed by atoms with Gasteiger partial charge in [-0.2, -0.15) is 0 Å². The van der Waals surface area contributed by atoms with Crippen LogP contribution in [-0.4, -0.2) is 8.65 Å². The molecule has 11 heteroatoms. The van der Waals surface area contributed by atoms with Gasteiger partial charge < -0.3 is 19.2 Å². The van der Waals surface area contributed by atoms with Crippen molar-refractivity contribution in [1.29, 1.82) is 0 Å². The van der Waals surface area contributed by atoms with Crippen molar-refractivity contribution < 1.29 is 150 Å². The fraction of sp³-hybridized carbons (Fsp3) is 0. The van der Waals surface area contributed by atoms with E-state index in [-0.39, 0.29) is 103 Å². The second kappa shape index (κ2) is 13.6. The van der Waals surface area contributed by atoms with Gasteiger partial charge >= 0.3 is 131 Å². The van der Waals surface area contributed by atoms with Gasteiger partial charge in [-0.1, -0.05) is 0 Å². The molecule has 0 unspecified atom stereocenters. The molecule has 0 fully saturated rings. The Morgan fingerprint density at radius 1 is 1.18 bits per heavy atom. The molecule has 0 bridgehead atoms. The van der Waals surface area contributed by atoms with Gasteiger partial charge in [0, 0.05) is 0 Å². The molecule has 0 spiro atoms. The first-order valence-electron chi connectivity index (χ1n) is 1.26. The fourth-order valence-corrected chi connectivity index (χ4v) is 0. The first-order valence-corrected chi connectivity index (χ1v) is 6.47. The van der Waals surface area contributed by atoms with Crippen LogP contribution in [0.3, 0.4) is 0 Å². The zero-order chi connectivity index (χ0) is 8.08. The zero-order valence-electron chi connectivity index (χ0n) is 5.79. The molecule has 0 saturated carbocycles. The summed E-state index contributed by atoms with van der Waals surface area (Å²) < 4.78 is 33.2. The third-order valence-corrected chi connectivity index (χ3v) is 0. The average Bonchev–Trinajstić information content (AvgIpc) is 1.19. The molecular weight excluding hydrogens is 405 g/mol. The predicted octanol–water partition coefficient (Wildman–Crippen LogP) is -8.98. The molecule has 0 aliphatic rings. The van der Waals surface area contributed by atoms with E-state index in [1.54, 1.807) is 0 Å². The zero-order valence-corrected chi connectivity index (χ0v) is 15.9. The van der Waals surface area contributed by atoms with Crippen molar-refractivity contribution in [3.8, 4) is 0 Å². The summed E-state index contributed by atoms with van der Waals surface area (Å²) in [7, 11) is -5.14. The Hall–Kier alpha value is 3.63. The summed E-state index contributed by atoms with van der Waals surface area (Å²) in [5.74, 6) is 0. The van der Waals surface area contributed by atoms with Gasteiger partial charge in [-0.3, -0.25) is 0 Å². The van der Waals surface area contributed by atoms with E-state index in [0.717, 1.165) is 0 Å². The summed E-state index contributed by atoms with van der Waals surface area (Å²) in [6.07, 6.45) is 0. The summed E-state index contributed by atoms with van der Waals surface area (Å²) >= 11 is -4.03. The van der Waals surface area contributed by atoms with Gasteiger partial charge in [0.25, 0.3) is 0 Å². The number of hydrogen-bond acceptors (Lipinski definition) is 5. The number of phosphoric acid groups is 1. The van der Waals surface area contributed by atoms with Gasteiger partial charge in [0.1, 0.15) is 0 Å². The quantitative estimate of drug-likeness (QED) is 0.301. The standard InChI is InChI=1S/2K.H3O4P.H2O.2O.W/c;;1-5(2,3)4;;;;/h;;(H3,1,2,3,4);1H2;;;/q2*+1;;;;;+1/p-3. The van der Waals surface area contributed by atoms with Crippen molar-refractivity contribution >= 4 is 7.82 Å². The minimum absolute atomic E-state index is 0. The van der Waals surface area contributed by atoms with Gasteiger partial charge in [0.15, 0.2) is 0 Å². The molecule has 0 aromatic heterocycles. The predicted molar refractivity (Wildman–Crippen MR) is 13.4 cm³/mol. The van der Waals surface area contributed by atoms with Crippen LogP contribution >= 0.6 is 7.82 Å². The maximum atomic E-state index is 8.72. The Balaban J connectivity index is -0.0000000383. The van der Waals surface area contributed by atoms with E-state index >= 15 is 0 Å². The number of hydrogen-bond donors (Lipinski definition) is 2. The summed E-state index contributed by atoms with van der Waals surface area (Å²) in [6.45, 7) is 0. The summed E-state index contributed by atoms with van der Waals surface area (Å²) in [5, 5.41) is 0. The van der Waals surface area contributed by atoms with Crippen LogP contribution in [0.15, 0.2) is 0 Å². The van der Waals surface area contributed by atoms with Crippen molar-refractivity contribution in [2.45, 2.75) is 0 Å². The van der Waals surface area contributed by atoms with E-state index in [9.17, 15) is 0 Å². The Morgan fingerprint density at radius 2 is 1.18 bits per heavy atom. The van der Waals surface area contributed by atoms with Crippen LogP contribution in [0.25, 0.3) is 0 Å². The summed E-state index contributed by atoms with van der Waals surface area (Å²) in [5.41, 5.74) is 0. The van der Waals surface area contributed by atoms with E-state index in [1.807, 2.05) is 0 Å². The van der Waals surface area contributed by atoms with Crippen LogP contribution in [-0.2, 0) is 29.0 Å². The van der Waals surface area contributed by atoms with Crippen LogP contribution < -0.4 is 113 Å². The molecule has 2 N–H and O–H groups in total. The van der Waals surface area contributed by atoms with Gasteiger partial charge in [0.2, 0.25) is 0 Å². The molecule has 57 valence electrons. The number of rotatable bonds is 0. The molecule has 0 aromatic carbocycles. The Kier molecular flexibility index (Phi) is 29.8. The first kappa shape index (κ1) is 24.1. The van der Waals surface area contributed by atoms with Crippen molar-refractivity contribution in [1.82, 2.24) is 0 Å². The molecule has 0 saturated heterocycles. The molecule has 0 aliphatic carbocycles. The minimum atomic E-state index is -5.14. The second-order valence-electron chi connectivity index (χ2n) is 0.686. The van der Waals surface area contributed by atoms with E-state index in [0.29, 0.717) is 0 Å². The van der Waals surface area contributed by atoms with Crippen LogP contribution in [0.4, 0.5) is 0 Å². The monoisotopic (exact) mass is 407 g/mol. The normalized spacial score (nSPS) is 7.64. The topological polar surface area (TPSA) is 138 Å². The van der Waals surface area contributed by atoms with Crippen LogP contribution in [0, 0.1) is 0 Å². The SMILES string of the molecule is O=P([O-])([O-])O.[K+].[K+].[O]=[W](=[O])[OH]. The molecule has 11 heavy (non-hydrogen) atoms.